The summed E-state index contributed by atoms with van der Waals surface area (Å²) in [6.45, 7) is 2.32. The number of nitrogens with zero attached hydrogens (tertiary/aromatic N) is 2. The molecule has 1 amide bonds. The van der Waals surface area contributed by atoms with Gasteiger partial charge in [0, 0.05) is 12.1 Å². The van der Waals surface area contributed by atoms with Crippen molar-refractivity contribution in [3.8, 4) is 17.2 Å². The average molecular weight is 477 g/mol. The van der Waals surface area contributed by atoms with Gasteiger partial charge < -0.3 is 14.2 Å². The van der Waals surface area contributed by atoms with Gasteiger partial charge in [-0.05, 0) is 72.6 Å². The van der Waals surface area contributed by atoms with Crippen LogP contribution in [0.3, 0.4) is 0 Å². The lowest BCUT2D eigenvalue weighted by atomic mass is 10.2. The van der Waals surface area contributed by atoms with Gasteiger partial charge in [-0.1, -0.05) is 6.92 Å². The molecule has 3 rings (SSSR count). The molecule has 10 nitrogen and oxygen atoms in total. The van der Waals surface area contributed by atoms with Gasteiger partial charge in [0.1, 0.15) is 17.2 Å². The van der Waals surface area contributed by atoms with Crippen molar-refractivity contribution >= 4 is 23.8 Å². The standard InChI is InChI=1S/C25H23N3O7/c1-2-15-33-21-11-5-19(6-12-21)25(30)35-23-9-3-18(4-10-23)16-26-27-24(29)17-34-22-13-7-20(8-14-22)28(31)32/h3-14,16H,2,15,17H2,1H3,(H,27,29). The minimum atomic E-state index is -0.523. The molecule has 0 aliphatic carbocycles. The van der Waals surface area contributed by atoms with Crippen LogP contribution in [0.4, 0.5) is 5.69 Å². The van der Waals surface area contributed by atoms with Gasteiger partial charge in [0.05, 0.1) is 23.3 Å². The zero-order valence-corrected chi connectivity index (χ0v) is 18.9. The topological polar surface area (TPSA) is 129 Å². The highest BCUT2D eigenvalue weighted by molar-refractivity contribution is 5.91. The third-order valence-corrected chi connectivity index (χ3v) is 4.47. The number of benzene rings is 3. The summed E-state index contributed by atoms with van der Waals surface area (Å²) in [6.07, 6.45) is 2.32. The van der Waals surface area contributed by atoms with Crippen molar-refractivity contribution in [1.82, 2.24) is 5.43 Å². The first kappa shape index (κ1) is 24.9. The van der Waals surface area contributed by atoms with E-state index in [9.17, 15) is 19.7 Å². The lowest BCUT2D eigenvalue weighted by Crippen LogP contribution is -2.24. The molecule has 0 bridgehead atoms. The number of nitrogens with one attached hydrogen (secondary N) is 1. The van der Waals surface area contributed by atoms with Crippen molar-refractivity contribution in [3.63, 3.8) is 0 Å². The van der Waals surface area contributed by atoms with E-state index in [2.05, 4.69) is 10.5 Å². The maximum Gasteiger partial charge on any atom is 0.343 e. The Morgan fingerprint density at radius 1 is 0.914 bits per heavy atom. The minimum Gasteiger partial charge on any atom is -0.494 e. The number of ether oxygens (including phenoxy) is 3. The van der Waals surface area contributed by atoms with Crippen LogP contribution >= 0.6 is 0 Å². The van der Waals surface area contributed by atoms with E-state index in [-0.39, 0.29) is 12.3 Å². The Kier molecular flexibility index (Phi) is 8.89. The zero-order chi connectivity index (χ0) is 25.0. The molecule has 0 aromatic heterocycles. The monoisotopic (exact) mass is 477 g/mol. The Hall–Kier alpha value is -4.73. The first-order valence-electron chi connectivity index (χ1n) is 10.7. The highest BCUT2D eigenvalue weighted by Crippen LogP contribution is 2.18. The molecule has 0 fully saturated rings. The molecule has 1 N–H and O–H groups in total. The van der Waals surface area contributed by atoms with E-state index in [1.807, 2.05) is 6.92 Å². The number of hydrazone groups is 1. The summed E-state index contributed by atoms with van der Waals surface area (Å²) in [6, 6.07) is 18.7. The maximum atomic E-state index is 12.3. The molecule has 35 heavy (non-hydrogen) atoms. The molecular weight excluding hydrogens is 454 g/mol. The molecule has 0 aliphatic rings. The average Bonchev–Trinajstić information content (AvgIpc) is 2.87. The third kappa shape index (κ3) is 7.97. The first-order valence-corrected chi connectivity index (χ1v) is 10.7. The first-order chi connectivity index (χ1) is 16.9. The molecule has 0 spiro atoms. The summed E-state index contributed by atoms with van der Waals surface area (Å²) in [4.78, 5) is 34.3. The molecule has 0 saturated carbocycles. The number of amides is 1. The smallest absolute Gasteiger partial charge is 0.343 e. The minimum absolute atomic E-state index is 0.0706. The van der Waals surface area contributed by atoms with E-state index in [1.54, 1.807) is 48.5 Å². The van der Waals surface area contributed by atoms with Crippen LogP contribution in [0.15, 0.2) is 77.9 Å². The quantitative estimate of drug-likeness (QED) is 0.144. The maximum absolute atomic E-state index is 12.3. The molecular formula is C25H23N3O7. The number of rotatable bonds is 11. The van der Waals surface area contributed by atoms with Crippen molar-refractivity contribution in [2.75, 3.05) is 13.2 Å². The predicted octanol–water partition coefficient (Wildman–Crippen LogP) is 4.13. The van der Waals surface area contributed by atoms with E-state index in [1.165, 1.54) is 30.5 Å². The van der Waals surface area contributed by atoms with Crippen LogP contribution in [0.1, 0.15) is 29.3 Å². The van der Waals surface area contributed by atoms with E-state index in [0.717, 1.165) is 6.42 Å². The molecule has 0 aliphatic heterocycles. The van der Waals surface area contributed by atoms with E-state index in [4.69, 9.17) is 14.2 Å². The van der Waals surface area contributed by atoms with E-state index < -0.39 is 16.8 Å². The highest BCUT2D eigenvalue weighted by Gasteiger charge is 2.09. The second-order valence-corrected chi connectivity index (χ2v) is 7.16. The van der Waals surface area contributed by atoms with Crippen LogP contribution in [0.2, 0.25) is 0 Å². The zero-order valence-electron chi connectivity index (χ0n) is 18.9. The van der Waals surface area contributed by atoms with Gasteiger partial charge in [-0.3, -0.25) is 14.9 Å². The van der Waals surface area contributed by atoms with Crippen molar-refractivity contribution in [2.45, 2.75) is 13.3 Å². The third-order valence-electron chi connectivity index (χ3n) is 4.47. The molecule has 180 valence electrons. The van der Waals surface area contributed by atoms with Gasteiger partial charge in [0.15, 0.2) is 6.61 Å². The summed E-state index contributed by atoms with van der Waals surface area (Å²) in [5.74, 6) is 0.377. The molecule has 3 aromatic rings. The Bertz CT molecular complexity index is 1180. The van der Waals surface area contributed by atoms with Gasteiger partial charge in [0.2, 0.25) is 0 Å². The SMILES string of the molecule is CCCOc1ccc(C(=O)Oc2ccc(C=NNC(=O)COc3ccc([N+](=O)[O-])cc3)cc2)cc1. The summed E-state index contributed by atoms with van der Waals surface area (Å²) in [5.41, 5.74) is 3.31. The van der Waals surface area contributed by atoms with E-state index >= 15 is 0 Å². The molecule has 0 saturated heterocycles. The largest absolute Gasteiger partial charge is 0.494 e. The van der Waals surface area contributed by atoms with Crippen LogP contribution in [0.25, 0.3) is 0 Å². The Balaban J connectivity index is 1.43. The summed E-state index contributed by atoms with van der Waals surface area (Å²) in [5, 5.41) is 14.5. The predicted molar refractivity (Wildman–Crippen MR) is 128 cm³/mol. The second-order valence-electron chi connectivity index (χ2n) is 7.16. The number of hydrogen-bond donors (Lipinski definition) is 1. The van der Waals surface area contributed by atoms with Gasteiger partial charge >= 0.3 is 5.97 Å². The Labute approximate surface area is 201 Å². The normalized spacial score (nSPS) is 10.5. The fourth-order valence-corrected chi connectivity index (χ4v) is 2.72. The van der Waals surface area contributed by atoms with Crippen molar-refractivity contribution < 1.29 is 28.7 Å². The van der Waals surface area contributed by atoms with Crippen molar-refractivity contribution in [3.05, 3.63) is 94.0 Å². The highest BCUT2D eigenvalue weighted by atomic mass is 16.6. The molecule has 10 heteroatoms. The van der Waals surface area contributed by atoms with Crippen LogP contribution < -0.4 is 19.6 Å². The van der Waals surface area contributed by atoms with Crippen molar-refractivity contribution in [2.24, 2.45) is 5.10 Å². The number of hydrogen-bond acceptors (Lipinski definition) is 8. The van der Waals surface area contributed by atoms with E-state index in [0.29, 0.717) is 35.0 Å². The molecule has 0 radical (unpaired) electrons. The van der Waals surface area contributed by atoms with Gasteiger partial charge in [0.25, 0.3) is 11.6 Å². The molecule has 0 unspecified atom stereocenters. The van der Waals surface area contributed by atoms with Crippen molar-refractivity contribution in [1.29, 1.82) is 0 Å². The molecule has 3 aromatic carbocycles. The fraction of sp³-hybridized carbons (Fsp3) is 0.160. The van der Waals surface area contributed by atoms with Crippen LogP contribution in [-0.4, -0.2) is 36.2 Å². The molecule has 0 atom stereocenters. The lowest BCUT2D eigenvalue weighted by Gasteiger charge is -2.07. The number of carbonyl (C=O) groups excluding carboxylic acids is 2. The second kappa shape index (κ2) is 12.5. The van der Waals surface area contributed by atoms with Gasteiger partial charge in [-0.2, -0.15) is 5.10 Å². The number of carbonyl (C=O) groups is 2. The van der Waals surface area contributed by atoms with Crippen LogP contribution in [0.5, 0.6) is 17.2 Å². The lowest BCUT2D eigenvalue weighted by molar-refractivity contribution is -0.384. The number of nitro groups is 1. The van der Waals surface area contributed by atoms with Crippen LogP contribution in [-0.2, 0) is 4.79 Å². The number of esters is 1. The summed E-state index contributed by atoms with van der Waals surface area (Å²) in [7, 11) is 0. The summed E-state index contributed by atoms with van der Waals surface area (Å²) >= 11 is 0. The Morgan fingerprint density at radius 3 is 2.14 bits per heavy atom. The Morgan fingerprint density at radius 2 is 1.51 bits per heavy atom. The molecule has 0 heterocycles. The van der Waals surface area contributed by atoms with Gasteiger partial charge in [-0.15, -0.1) is 0 Å². The van der Waals surface area contributed by atoms with Crippen LogP contribution in [0, 0.1) is 10.1 Å². The number of nitro benzene ring substituents is 1. The fourth-order valence-electron chi connectivity index (χ4n) is 2.72. The van der Waals surface area contributed by atoms with Gasteiger partial charge in [-0.25, -0.2) is 10.2 Å². The summed E-state index contributed by atoms with van der Waals surface area (Å²) < 4.78 is 16.1. The number of non-ortho nitro benzene ring substituents is 1.